The molecule has 0 aliphatic carbocycles. The van der Waals surface area contributed by atoms with Crippen molar-refractivity contribution < 1.29 is 9.59 Å². The van der Waals surface area contributed by atoms with Crippen molar-refractivity contribution >= 4 is 29.4 Å². The van der Waals surface area contributed by atoms with Crippen LogP contribution >= 0.6 is 11.6 Å². The fourth-order valence-corrected chi connectivity index (χ4v) is 2.27. The Morgan fingerprint density at radius 3 is 2.68 bits per heavy atom. The molecule has 0 saturated heterocycles. The maximum absolute atomic E-state index is 11.8. The zero-order chi connectivity index (χ0) is 13.8. The van der Waals surface area contributed by atoms with Crippen molar-refractivity contribution in [3.05, 3.63) is 41.7 Å². The van der Waals surface area contributed by atoms with Crippen LogP contribution in [0.1, 0.15) is 6.42 Å². The van der Waals surface area contributed by atoms with E-state index in [2.05, 4.69) is 0 Å². The standard InChI is InChI=1S/C14H15ClN2O2/c1-16-8-7-12(13(19)10-18)17(9-14(16)15)11-5-3-2-4-6-11/h2-6,9-10,12H,7-8H2,1H3. The summed E-state index contributed by atoms with van der Waals surface area (Å²) in [6, 6.07) is 8.93. The molecule has 2 rings (SSSR count). The number of halogens is 1. The molecule has 1 unspecified atom stereocenters. The van der Waals surface area contributed by atoms with Gasteiger partial charge in [0.2, 0.25) is 5.78 Å². The second kappa shape index (κ2) is 5.89. The van der Waals surface area contributed by atoms with E-state index in [0.717, 1.165) is 5.69 Å². The van der Waals surface area contributed by atoms with Gasteiger partial charge < -0.3 is 9.80 Å². The quantitative estimate of drug-likeness (QED) is 0.482. The average molecular weight is 279 g/mol. The molecule has 0 amide bonds. The van der Waals surface area contributed by atoms with Gasteiger partial charge in [-0.3, -0.25) is 9.59 Å². The third-order valence-electron chi connectivity index (χ3n) is 3.18. The van der Waals surface area contributed by atoms with Gasteiger partial charge in [0.15, 0.2) is 6.29 Å². The van der Waals surface area contributed by atoms with E-state index in [1.165, 1.54) is 0 Å². The van der Waals surface area contributed by atoms with E-state index in [4.69, 9.17) is 11.6 Å². The number of benzene rings is 1. The SMILES string of the molecule is CN1CCC(C(=O)C=O)N(c2ccccc2)C=C1Cl. The number of rotatable bonds is 3. The number of nitrogens with zero attached hydrogens (tertiary/aromatic N) is 2. The molecule has 1 aliphatic rings. The van der Waals surface area contributed by atoms with Crippen molar-refractivity contribution in [2.45, 2.75) is 12.5 Å². The topological polar surface area (TPSA) is 40.6 Å². The molecular formula is C14H15ClN2O2. The summed E-state index contributed by atoms with van der Waals surface area (Å²) in [4.78, 5) is 26.3. The average Bonchev–Trinajstić information content (AvgIpc) is 2.59. The summed E-state index contributed by atoms with van der Waals surface area (Å²) in [5.74, 6) is -0.431. The predicted molar refractivity (Wildman–Crippen MR) is 75.0 cm³/mol. The Labute approximate surface area is 117 Å². The molecule has 0 spiro atoms. The van der Waals surface area contributed by atoms with E-state index in [9.17, 15) is 9.59 Å². The van der Waals surface area contributed by atoms with Crippen LogP contribution in [0.2, 0.25) is 0 Å². The maximum Gasteiger partial charge on any atom is 0.217 e. The van der Waals surface area contributed by atoms with Gasteiger partial charge in [-0.15, -0.1) is 0 Å². The number of hydrogen-bond donors (Lipinski definition) is 0. The minimum Gasteiger partial charge on any atom is -0.364 e. The summed E-state index contributed by atoms with van der Waals surface area (Å²) >= 11 is 6.18. The second-order valence-corrected chi connectivity index (χ2v) is 4.83. The molecule has 0 radical (unpaired) electrons. The number of aldehydes is 1. The van der Waals surface area contributed by atoms with Crippen LogP contribution in [0, 0.1) is 0 Å². The summed E-state index contributed by atoms with van der Waals surface area (Å²) < 4.78 is 0. The first kappa shape index (κ1) is 13.6. The van der Waals surface area contributed by atoms with Crippen molar-refractivity contribution in [2.24, 2.45) is 0 Å². The van der Waals surface area contributed by atoms with Gasteiger partial charge in [0, 0.05) is 25.5 Å². The summed E-state index contributed by atoms with van der Waals surface area (Å²) in [6.07, 6.45) is 2.64. The third kappa shape index (κ3) is 2.96. The zero-order valence-electron chi connectivity index (χ0n) is 10.6. The summed E-state index contributed by atoms with van der Waals surface area (Å²) in [5, 5.41) is 0.546. The lowest BCUT2D eigenvalue weighted by Crippen LogP contribution is -2.38. The number of hydrogen-bond acceptors (Lipinski definition) is 4. The molecule has 100 valence electrons. The van der Waals surface area contributed by atoms with Gasteiger partial charge in [-0.25, -0.2) is 0 Å². The van der Waals surface area contributed by atoms with Gasteiger partial charge in [0.25, 0.3) is 0 Å². The Morgan fingerprint density at radius 1 is 1.37 bits per heavy atom. The largest absolute Gasteiger partial charge is 0.364 e. The number of carbonyl (C=O) groups is 2. The van der Waals surface area contributed by atoms with Crippen molar-refractivity contribution in [1.29, 1.82) is 0 Å². The van der Waals surface area contributed by atoms with Crippen molar-refractivity contribution in [3.8, 4) is 0 Å². The van der Waals surface area contributed by atoms with Gasteiger partial charge in [-0.05, 0) is 18.6 Å². The Hall–Kier alpha value is -1.81. The predicted octanol–water partition coefficient (Wildman–Crippen LogP) is 2.00. The minimum atomic E-state index is -0.501. The molecular weight excluding hydrogens is 264 g/mol. The molecule has 1 aromatic rings. The zero-order valence-corrected chi connectivity index (χ0v) is 11.4. The Balaban J connectivity index is 2.42. The highest BCUT2D eigenvalue weighted by Gasteiger charge is 2.28. The van der Waals surface area contributed by atoms with Crippen LogP contribution < -0.4 is 4.90 Å². The fourth-order valence-electron chi connectivity index (χ4n) is 2.08. The van der Waals surface area contributed by atoms with Gasteiger partial charge in [0.1, 0.15) is 11.2 Å². The molecule has 1 aromatic carbocycles. The Morgan fingerprint density at radius 2 is 2.05 bits per heavy atom. The van der Waals surface area contributed by atoms with E-state index >= 15 is 0 Å². The molecule has 1 heterocycles. The van der Waals surface area contributed by atoms with Crippen LogP contribution in [0.3, 0.4) is 0 Å². The number of anilines is 1. The van der Waals surface area contributed by atoms with Gasteiger partial charge in [-0.1, -0.05) is 29.8 Å². The summed E-state index contributed by atoms with van der Waals surface area (Å²) in [5.41, 5.74) is 0.844. The van der Waals surface area contributed by atoms with E-state index in [1.54, 1.807) is 11.1 Å². The molecule has 5 heteroatoms. The van der Waals surface area contributed by atoms with Crippen molar-refractivity contribution in [3.63, 3.8) is 0 Å². The third-order valence-corrected chi connectivity index (χ3v) is 3.57. The van der Waals surface area contributed by atoms with Crippen LogP contribution in [-0.2, 0) is 9.59 Å². The lowest BCUT2D eigenvalue weighted by atomic mass is 10.1. The van der Waals surface area contributed by atoms with Crippen molar-refractivity contribution in [2.75, 3.05) is 18.5 Å². The van der Waals surface area contributed by atoms with Crippen molar-refractivity contribution in [1.82, 2.24) is 4.90 Å². The monoisotopic (exact) mass is 278 g/mol. The Kier molecular flexibility index (Phi) is 4.22. The normalized spacial score (nSPS) is 19.7. The van der Waals surface area contributed by atoms with Gasteiger partial charge in [-0.2, -0.15) is 0 Å². The number of carbonyl (C=O) groups excluding carboxylic acids is 2. The molecule has 0 bridgehead atoms. The van der Waals surface area contributed by atoms with Crippen LogP contribution in [0.25, 0.3) is 0 Å². The lowest BCUT2D eigenvalue weighted by Gasteiger charge is -2.26. The number of ketones is 1. The van der Waals surface area contributed by atoms with E-state index in [0.29, 0.717) is 24.4 Å². The summed E-state index contributed by atoms with van der Waals surface area (Å²) in [7, 11) is 1.86. The number of Topliss-reactive ketones (excluding diaryl/α,β-unsaturated/α-hetero) is 1. The molecule has 1 atom stereocenters. The highest BCUT2D eigenvalue weighted by atomic mass is 35.5. The molecule has 0 N–H and O–H groups in total. The van der Waals surface area contributed by atoms with E-state index in [1.807, 2.05) is 42.3 Å². The Bertz CT molecular complexity index is 501. The maximum atomic E-state index is 11.8. The van der Waals surface area contributed by atoms with Crippen LogP contribution in [0.4, 0.5) is 5.69 Å². The smallest absolute Gasteiger partial charge is 0.217 e. The van der Waals surface area contributed by atoms with Gasteiger partial charge in [0.05, 0.1) is 0 Å². The molecule has 0 fully saturated rings. The van der Waals surface area contributed by atoms with Crippen LogP contribution in [0.5, 0.6) is 0 Å². The number of para-hydroxylation sites is 1. The van der Waals surface area contributed by atoms with E-state index < -0.39 is 11.8 Å². The summed E-state index contributed by atoms with van der Waals surface area (Å²) in [6.45, 7) is 0.628. The molecule has 4 nitrogen and oxygen atoms in total. The lowest BCUT2D eigenvalue weighted by molar-refractivity contribution is -0.130. The second-order valence-electron chi connectivity index (χ2n) is 4.44. The van der Waals surface area contributed by atoms with Crippen LogP contribution in [0.15, 0.2) is 41.7 Å². The fraction of sp³-hybridized carbons (Fsp3) is 0.286. The highest BCUT2D eigenvalue weighted by molar-refractivity contribution is 6.30. The molecule has 19 heavy (non-hydrogen) atoms. The minimum absolute atomic E-state index is 0.383. The highest BCUT2D eigenvalue weighted by Crippen LogP contribution is 2.25. The van der Waals surface area contributed by atoms with Crippen LogP contribution in [-0.4, -0.2) is 36.6 Å². The first-order chi connectivity index (χ1) is 9.13. The first-order valence-corrected chi connectivity index (χ1v) is 6.42. The molecule has 0 saturated carbocycles. The van der Waals surface area contributed by atoms with Gasteiger partial charge >= 0.3 is 0 Å². The first-order valence-electron chi connectivity index (χ1n) is 6.04. The van der Waals surface area contributed by atoms with E-state index in [-0.39, 0.29) is 0 Å². The molecule has 1 aliphatic heterocycles. The molecule has 0 aromatic heterocycles.